The lowest BCUT2D eigenvalue weighted by Crippen LogP contribution is -2.14. The van der Waals surface area contributed by atoms with Gasteiger partial charge in [-0.3, -0.25) is 0 Å². The first-order valence-electron chi connectivity index (χ1n) is 20.9. The van der Waals surface area contributed by atoms with Gasteiger partial charge < -0.3 is 9.47 Å². The summed E-state index contributed by atoms with van der Waals surface area (Å²) in [5.41, 5.74) is 19.6. The van der Waals surface area contributed by atoms with Gasteiger partial charge in [-0.2, -0.15) is 5.26 Å². The van der Waals surface area contributed by atoms with E-state index >= 15 is 0 Å². The molecule has 1 aliphatic rings. The summed E-state index contributed by atoms with van der Waals surface area (Å²) in [6.07, 6.45) is 0. The Labute approximate surface area is 356 Å². The van der Waals surface area contributed by atoms with Crippen molar-refractivity contribution >= 4 is 38.9 Å². The second kappa shape index (κ2) is 14.4. The van der Waals surface area contributed by atoms with Crippen molar-refractivity contribution in [2.24, 2.45) is 0 Å². The number of benzene rings is 9. The number of nitrogens with zero attached hydrogens (tertiary/aromatic N) is 3. The highest BCUT2D eigenvalue weighted by atomic mass is 15.1. The average molecular weight is 780 g/mol. The number of nitriles is 1. The zero-order valence-electron chi connectivity index (χ0n) is 34.0. The van der Waals surface area contributed by atoms with Gasteiger partial charge in [-0.25, -0.2) is 0 Å². The SMILES string of the molecule is CC1(C)c2ccccc2-c2ccc(-c3ccc(N(c4ccc(C#N)cc4)c4ccc(-c5ccc6c(c5)c5cc(-c7ccccc7)ccc5n6-c5ccccc5)cc4)cc3)cc21. The van der Waals surface area contributed by atoms with Crippen molar-refractivity contribution in [2.45, 2.75) is 19.3 Å². The second-order valence-corrected chi connectivity index (χ2v) is 16.5. The average Bonchev–Trinajstić information content (AvgIpc) is 3.77. The molecule has 0 radical (unpaired) electrons. The Kier molecular flexibility index (Phi) is 8.55. The molecule has 0 spiro atoms. The quantitative estimate of drug-likeness (QED) is 0.161. The van der Waals surface area contributed by atoms with E-state index < -0.39 is 0 Å². The molecule has 61 heavy (non-hydrogen) atoms. The van der Waals surface area contributed by atoms with E-state index in [1.807, 2.05) is 24.3 Å². The van der Waals surface area contributed by atoms with Crippen LogP contribution in [0.5, 0.6) is 0 Å². The largest absolute Gasteiger partial charge is 0.311 e. The minimum Gasteiger partial charge on any atom is -0.311 e. The predicted molar refractivity (Wildman–Crippen MR) is 254 cm³/mol. The van der Waals surface area contributed by atoms with E-state index in [0.29, 0.717) is 5.56 Å². The van der Waals surface area contributed by atoms with Gasteiger partial charge in [0.15, 0.2) is 0 Å². The standard InChI is InChI=1S/C58H41N3/c1-58(2)54-16-10-9-15-50(54)51-32-23-45(37-55(51)58)42-21-30-49(31-22-42)60(47-26-17-39(38-59)18-27-47)48-28-19-41(20-29-48)44-25-34-57-53(36-44)52-35-43(40-11-5-3-6-12-40)24-33-56(52)61(57)46-13-7-4-8-14-46/h3-37H,1-2H3. The van der Waals surface area contributed by atoms with Gasteiger partial charge in [0.05, 0.1) is 22.7 Å². The molecule has 9 aromatic carbocycles. The van der Waals surface area contributed by atoms with E-state index in [-0.39, 0.29) is 5.41 Å². The molecule has 0 fully saturated rings. The fraction of sp³-hybridized carbons (Fsp3) is 0.0517. The molecule has 11 rings (SSSR count). The topological polar surface area (TPSA) is 32.0 Å². The molecule has 0 aliphatic heterocycles. The molecular weight excluding hydrogens is 739 g/mol. The first-order chi connectivity index (χ1) is 29.9. The Bertz CT molecular complexity index is 3300. The van der Waals surface area contributed by atoms with Gasteiger partial charge in [-0.1, -0.05) is 135 Å². The number of hydrogen-bond donors (Lipinski definition) is 0. The van der Waals surface area contributed by atoms with Crippen molar-refractivity contribution in [2.75, 3.05) is 4.90 Å². The number of fused-ring (bicyclic) bond motifs is 6. The normalized spacial score (nSPS) is 12.5. The van der Waals surface area contributed by atoms with Gasteiger partial charge in [0.25, 0.3) is 0 Å². The number of para-hydroxylation sites is 1. The summed E-state index contributed by atoms with van der Waals surface area (Å²) in [5, 5.41) is 12.0. The van der Waals surface area contributed by atoms with Crippen LogP contribution in [0.4, 0.5) is 17.1 Å². The number of hydrogen-bond acceptors (Lipinski definition) is 2. The van der Waals surface area contributed by atoms with Gasteiger partial charge >= 0.3 is 0 Å². The number of rotatable bonds is 7. The van der Waals surface area contributed by atoms with Crippen LogP contribution >= 0.6 is 0 Å². The minimum atomic E-state index is -0.0564. The Balaban J connectivity index is 0.963. The summed E-state index contributed by atoms with van der Waals surface area (Å²) < 4.78 is 2.37. The second-order valence-electron chi connectivity index (χ2n) is 16.5. The molecule has 0 unspecified atom stereocenters. The van der Waals surface area contributed by atoms with Crippen LogP contribution in [-0.4, -0.2) is 4.57 Å². The maximum atomic E-state index is 9.61. The van der Waals surface area contributed by atoms with E-state index in [4.69, 9.17) is 0 Å². The lowest BCUT2D eigenvalue weighted by Gasteiger charge is -2.26. The number of aromatic nitrogens is 1. The fourth-order valence-corrected chi connectivity index (χ4v) is 9.49. The number of anilines is 3. The molecule has 1 heterocycles. The third-order valence-corrected chi connectivity index (χ3v) is 12.6. The van der Waals surface area contributed by atoms with Gasteiger partial charge in [0.1, 0.15) is 0 Å². The van der Waals surface area contributed by atoms with Crippen molar-refractivity contribution in [3.05, 3.63) is 229 Å². The van der Waals surface area contributed by atoms with Crippen molar-refractivity contribution in [3.8, 4) is 56.3 Å². The summed E-state index contributed by atoms with van der Waals surface area (Å²) in [5.74, 6) is 0. The van der Waals surface area contributed by atoms with Crippen molar-refractivity contribution in [3.63, 3.8) is 0 Å². The molecule has 1 aliphatic carbocycles. The first kappa shape index (κ1) is 36.2. The Hall–Kier alpha value is -7.93. The van der Waals surface area contributed by atoms with Crippen LogP contribution in [0.3, 0.4) is 0 Å². The zero-order chi connectivity index (χ0) is 41.1. The highest BCUT2D eigenvalue weighted by Gasteiger charge is 2.35. The van der Waals surface area contributed by atoms with Crippen LogP contribution < -0.4 is 4.90 Å². The lowest BCUT2D eigenvalue weighted by molar-refractivity contribution is 0.660. The summed E-state index contributed by atoms with van der Waals surface area (Å²) in [7, 11) is 0. The van der Waals surface area contributed by atoms with Crippen LogP contribution in [-0.2, 0) is 5.41 Å². The van der Waals surface area contributed by atoms with Crippen molar-refractivity contribution in [1.29, 1.82) is 5.26 Å². The summed E-state index contributed by atoms with van der Waals surface area (Å²) in [4.78, 5) is 2.26. The van der Waals surface area contributed by atoms with Crippen molar-refractivity contribution in [1.82, 2.24) is 4.57 Å². The van der Waals surface area contributed by atoms with E-state index in [1.54, 1.807) is 0 Å². The zero-order valence-corrected chi connectivity index (χ0v) is 34.0. The molecular formula is C58H41N3. The van der Waals surface area contributed by atoms with Crippen molar-refractivity contribution < 1.29 is 0 Å². The van der Waals surface area contributed by atoms with Crippen LogP contribution in [0, 0.1) is 11.3 Å². The molecule has 3 heteroatoms. The molecule has 0 N–H and O–H groups in total. The van der Waals surface area contributed by atoms with Crippen LogP contribution in [0.25, 0.3) is 72.0 Å². The smallest absolute Gasteiger partial charge is 0.0991 e. The maximum absolute atomic E-state index is 9.61. The van der Waals surface area contributed by atoms with Gasteiger partial charge in [-0.05, 0) is 147 Å². The highest BCUT2D eigenvalue weighted by Crippen LogP contribution is 2.50. The molecule has 0 amide bonds. The van der Waals surface area contributed by atoms with Gasteiger partial charge in [0, 0.05) is 38.9 Å². The summed E-state index contributed by atoms with van der Waals surface area (Å²) >= 11 is 0. The minimum absolute atomic E-state index is 0.0564. The van der Waals surface area contributed by atoms with Gasteiger partial charge in [0.2, 0.25) is 0 Å². The lowest BCUT2D eigenvalue weighted by atomic mass is 9.81. The molecule has 0 atom stereocenters. The van der Waals surface area contributed by atoms with E-state index in [9.17, 15) is 5.26 Å². The Morgan fingerprint density at radius 1 is 0.410 bits per heavy atom. The van der Waals surface area contributed by atoms with E-state index in [1.165, 1.54) is 66.3 Å². The first-order valence-corrected chi connectivity index (χ1v) is 20.9. The molecule has 0 saturated carbocycles. The van der Waals surface area contributed by atoms with Crippen LogP contribution in [0.1, 0.15) is 30.5 Å². The third-order valence-electron chi connectivity index (χ3n) is 12.6. The molecule has 288 valence electrons. The molecule has 0 saturated heterocycles. The highest BCUT2D eigenvalue weighted by molar-refractivity contribution is 6.11. The van der Waals surface area contributed by atoms with Gasteiger partial charge in [-0.15, -0.1) is 0 Å². The molecule has 10 aromatic rings. The summed E-state index contributed by atoms with van der Waals surface area (Å²) in [6.45, 7) is 4.66. The Morgan fingerprint density at radius 2 is 0.852 bits per heavy atom. The van der Waals surface area contributed by atoms with E-state index in [0.717, 1.165) is 33.9 Å². The van der Waals surface area contributed by atoms with Crippen LogP contribution in [0.2, 0.25) is 0 Å². The predicted octanol–water partition coefficient (Wildman–Crippen LogP) is 15.4. The van der Waals surface area contributed by atoms with E-state index in [2.05, 4.69) is 217 Å². The summed E-state index contributed by atoms with van der Waals surface area (Å²) in [6, 6.07) is 78.4. The third kappa shape index (κ3) is 6.12. The Morgan fingerprint density at radius 3 is 1.43 bits per heavy atom. The molecule has 3 nitrogen and oxygen atoms in total. The monoisotopic (exact) mass is 779 g/mol. The molecule has 1 aromatic heterocycles. The maximum Gasteiger partial charge on any atom is 0.0991 e. The van der Waals surface area contributed by atoms with Crippen LogP contribution in [0.15, 0.2) is 212 Å². The molecule has 0 bridgehead atoms. The fourth-order valence-electron chi connectivity index (χ4n) is 9.49.